The molecule has 11 heteroatoms. The molecule has 9 nitrogen and oxygen atoms in total. The summed E-state index contributed by atoms with van der Waals surface area (Å²) in [5, 5.41) is 17.6. The van der Waals surface area contributed by atoms with Gasteiger partial charge in [0.15, 0.2) is 0 Å². The van der Waals surface area contributed by atoms with Gasteiger partial charge in [-0.3, -0.25) is 4.79 Å². The molecule has 1 unspecified atom stereocenters. The summed E-state index contributed by atoms with van der Waals surface area (Å²) in [5.41, 5.74) is 5.25. The normalized spacial score (nSPS) is 11.7. The van der Waals surface area contributed by atoms with Crippen molar-refractivity contribution in [2.24, 2.45) is 0 Å². The Labute approximate surface area is 286 Å². The minimum absolute atomic E-state index is 0.134. The van der Waals surface area contributed by atoms with Crippen molar-refractivity contribution in [3.05, 3.63) is 110 Å². The van der Waals surface area contributed by atoms with Gasteiger partial charge < -0.3 is 20.6 Å². The number of anilines is 3. The van der Waals surface area contributed by atoms with E-state index >= 15 is 0 Å². The Morgan fingerprint density at radius 1 is 0.915 bits per heavy atom. The topological polar surface area (TPSA) is 111 Å². The van der Waals surface area contributed by atoms with E-state index in [0.29, 0.717) is 33.4 Å². The van der Waals surface area contributed by atoms with E-state index in [2.05, 4.69) is 39.6 Å². The van der Waals surface area contributed by atoms with Crippen LogP contribution in [0.15, 0.2) is 66.9 Å². The highest BCUT2D eigenvalue weighted by Gasteiger charge is 2.33. The van der Waals surface area contributed by atoms with Gasteiger partial charge >= 0.3 is 6.09 Å². The second-order valence-electron chi connectivity index (χ2n) is 12.0. The molecule has 0 aliphatic rings. The molecular formula is C36H42Cl2N6O3. The molecule has 0 bridgehead atoms. The lowest BCUT2D eigenvalue weighted by Crippen LogP contribution is -2.36. The first-order valence-corrected chi connectivity index (χ1v) is 16.4. The molecule has 47 heavy (non-hydrogen) atoms. The lowest BCUT2D eigenvalue weighted by Gasteiger charge is -2.32. The van der Waals surface area contributed by atoms with Crippen LogP contribution in [-0.2, 0) is 0 Å². The highest BCUT2D eigenvalue weighted by atomic mass is 35.5. The van der Waals surface area contributed by atoms with Crippen molar-refractivity contribution in [1.29, 1.82) is 0 Å². The summed E-state index contributed by atoms with van der Waals surface area (Å²) in [6.45, 7) is 7.56. The predicted molar refractivity (Wildman–Crippen MR) is 191 cm³/mol. The van der Waals surface area contributed by atoms with E-state index in [1.807, 2.05) is 32.9 Å². The number of nitrogens with one attached hydrogen (secondary N) is 2. The number of carbonyl (C=O) groups excluding carboxylic acids is 1. The quantitative estimate of drug-likeness (QED) is 0.115. The fourth-order valence-corrected chi connectivity index (χ4v) is 6.13. The number of hydrogen-bond acceptors (Lipinski definition) is 6. The van der Waals surface area contributed by atoms with Crippen LogP contribution in [-0.4, -0.2) is 59.2 Å². The van der Waals surface area contributed by atoms with Gasteiger partial charge in [-0.1, -0.05) is 59.8 Å². The zero-order valence-electron chi connectivity index (χ0n) is 27.5. The molecule has 3 N–H and O–H groups in total. The van der Waals surface area contributed by atoms with Crippen LogP contribution in [0.25, 0.3) is 0 Å². The molecule has 1 atom stereocenters. The Balaban J connectivity index is 1.59. The molecule has 0 radical (unpaired) electrons. The summed E-state index contributed by atoms with van der Waals surface area (Å²) < 4.78 is 0. The largest absolute Gasteiger partial charge is 0.465 e. The minimum atomic E-state index is -1.23. The standard InChI is InChI=1S/C36H42Cl2N6O3/c1-23-19-24(2)32(25(3)20-23)33(29-22-27(37)13-14-30(29)38)44(36(46)47)31-15-17-40-35(42-31)41-28-12-10-11-26(21-28)34(45)39-16-8-6-7-9-18-43(4)5/h10-15,17,19-22,33H,6-9,16,18H2,1-5H3,(H,39,45)(H,46,47)(H,40,41,42). The van der Waals surface area contributed by atoms with E-state index < -0.39 is 12.1 Å². The number of nitrogens with zero attached hydrogens (tertiary/aromatic N) is 4. The first-order valence-electron chi connectivity index (χ1n) is 15.6. The lowest BCUT2D eigenvalue weighted by atomic mass is 9.89. The van der Waals surface area contributed by atoms with Crippen LogP contribution < -0.4 is 15.5 Å². The molecule has 0 spiro atoms. The van der Waals surface area contributed by atoms with Crippen molar-refractivity contribution in [1.82, 2.24) is 20.2 Å². The van der Waals surface area contributed by atoms with Gasteiger partial charge in [-0.2, -0.15) is 4.98 Å². The van der Waals surface area contributed by atoms with Crippen LogP contribution in [0.4, 0.5) is 22.2 Å². The molecule has 248 valence electrons. The molecule has 0 fully saturated rings. The molecule has 0 aliphatic heterocycles. The van der Waals surface area contributed by atoms with Crippen molar-refractivity contribution in [2.45, 2.75) is 52.5 Å². The van der Waals surface area contributed by atoms with Gasteiger partial charge in [0, 0.05) is 34.0 Å². The van der Waals surface area contributed by atoms with E-state index in [1.165, 1.54) is 17.2 Å². The van der Waals surface area contributed by atoms with Crippen LogP contribution in [0.1, 0.15) is 69.9 Å². The first-order chi connectivity index (χ1) is 22.4. The summed E-state index contributed by atoms with van der Waals surface area (Å²) in [6.07, 6.45) is 4.50. The Bertz CT molecular complexity index is 1690. The average molecular weight is 678 g/mol. The number of benzene rings is 3. The second-order valence-corrected chi connectivity index (χ2v) is 12.8. The van der Waals surface area contributed by atoms with E-state index in [9.17, 15) is 14.7 Å². The highest BCUT2D eigenvalue weighted by Crippen LogP contribution is 2.40. The maximum Gasteiger partial charge on any atom is 0.413 e. The van der Waals surface area contributed by atoms with E-state index in [1.54, 1.807) is 42.5 Å². The molecule has 0 saturated heterocycles. The number of carboxylic acid groups (broad SMARTS) is 1. The summed E-state index contributed by atoms with van der Waals surface area (Å²) in [4.78, 5) is 38.2. The van der Waals surface area contributed by atoms with E-state index in [0.717, 1.165) is 54.5 Å². The van der Waals surface area contributed by atoms with Gasteiger partial charge in [-0.15, -0.1) is 0 Å². The first kappa shape index (κ1) is 35.7. The molecule has 4 aromatic rings. The van der Waals surface area contributed by atoms with Crippen LogP contribution in [0, 0.1) is 20.8 Å². The van der Waals surface area contributed by atoms with Crippen LogP contribution >= 0.6 is 23.2 Å². The van der Waals surface area contributed by atoms with Crippen LogP contribution in [0.3, 0.4) is 0 Å². The van der Waals surface area contributed by atoms with Gasteiger partial charge in [-0.05, 0) is 119 Å². The zero-order chi connectivity index (χ0) is 34.1. The highest BCUT2D eigenvalue weighted by molar-refractivity contribution is 6.33. The van der Waals surface area contributed by atoms with Gasteiger partial charge in [0.25, 0.3) is 5.91 Å². The smallest absolute Gasteiger partial charge is 0.413 e. The number of aryl methyl sites for hydroxylation is 3. The van der Waals surface area contributed by atoms with Crippen molar-refractivity contribution in [2.75, 3.05) is 37.4 Å². The fraction of sp³-hybridized carbons (Fsp3) is 0.333. The second kappa shape index (κ2) is 16.6. The number of unbranched alkanes of at least 4 members (excludes halogenated alkanes) is 3. The van der Waals surface area contributed by atoms with Crippen molar-refractivity contribution in [3.63, 3.8) is 0 Å². The van der Waals surface area contributed by atoms with Crippen LogP contribution in [0.2, 0.25) is 10.0 Å². The zero-order valence-corrected chi connectivity index (χ0v) is 29.0. The molecule has 1 aromatic heterocycles. The van der Waals surface area contributed by atoms with Gasteiger partial charge in [0.2, 0.25) is 5.95 Å². The average Bonchev–Trinajstić information content (AvgIpc) is 3.00. The van der Waals surface area contributed by atoms with Crippen LogP contribution in [0.5, 0.6) is 0 Å². The fourth-order valence-electron chi connectivity index (χ4n) is 5.73. The number of carbonyl (C=O) groups is 2. The molecule has 2 amide bonds. The number of aromatic nitrogens is 2. The summed E-state index contributed by atoms with van der Waals surface area (Å²) >= 11 is 13.1. The number of amides is 2. The monoisotopic (exact) mass is 676 g/mol. The minimum Gasteiger partial charge on any atom is -0.465 e. The summed E-state index contributed by atoms with van der Waals surface area (Å²) in [7, 11) is 4.14. The molecular weight excluding hydrogens is 635 g/mol. The Kier molecular flexibility index (Phi) is 12.6. The Morgan fingerprint density at radius 2 is 1.64 bits per heavy atom. The van der Waals surface area contributed by atoms with Crippen molar-refractivity contribution < 1.29 is 14.7 Å². The molecule has 0 saturated carbocycles. The molecule has 1 heterocycles. The third kappa shape index (κ3) is 9.67. The molecule has 3 aromatic carbocycles. The maximum atomic E-state index is 13.1. The van der Waals surface area contributed by atoms with Gasteiger partial charge in [0.1, 0.15) is 5.82 Å². The Morgan fingerprint density at radius 3 is 2.34 bits per heavy atom. The Hall–Kier alpha value is -4.18. The predicted octanol–water partition coefficient (Wildman–Crippen LogP) is 8.58. The van der Waals surface area contributed by atoms with Crippen molar-refractivity contribution >= 4 is 52.7 Å². The van der Waals surface area contributed by atoms with E-state index in [4.69, 9.17) is 23.2 Å². The lowest BCUT2D eigenvalue weighted by molar-refractivity contribution is 0.0953. The van der Waals surface area contributed by atoms with Gasteiger partial charge in [0.05, 0.1) is 6.04 Å². The third-order valence-electron chi connectivity index (χ3n) is 7.81. The summed E-state index contributed by atoms with van der Waals surface area (Å²) in [6, 6.07) is 16.7. The number of halogens is 2. The maximum absolute atomic E-state index is 13.1. The SMILES string of the molecule is Cc1cc(C)c(C(c2cc(Cl)ccc2Cl)N(C(=O)O)c2ccnc(Nc3cccc(C(=O)NCCCCCCN(C)C)c3)n2)c(C)c1. The molecule has 0 aliphatic carbocycles. The molecule has 4 rings (SSSR count). The summed E-state index contributed by atoms with van der Waals surface area (Å²) in [5.74, 6) is 0.131. The number of hydrogen-bond donors (Lipinski definition) is 3. The number of rotatable bonds is 14. The third-order valence-corrected chi connectivity index (χ3v) is 8.39. The van der Waals surface area contributed by atoms with Gasteiger partial charge in [-0.25, -0.2) is 14.7 Å². The van der Waals surface area contributed by atoms with E-state index in [-0.39, 0.29) is 17.7 Å². The van der Waals surface area contributed by atoms with Crippen molar-refractivity contribution in [3.8, 4) is 0 Å².